The maximum Gasteiger partial charge on any atom is 0.244 e. The van der Waals surface area contributed by atoms with Gasteiger partial charge in [0.25, 0.3) is 0 Å². The number of aromatic nitrogens is 2. The predicted octanol–water partition coefficient (Wildman–Crippen LogP) is 0.936. The van der Waals surface area contributed by atoms with E-state index in [2.05, 4.69) is 28.6 Å². The number of aryl methyl sites for hydroxylation is 1. The summed E-state index contributed by atoms with van der Waals surface area (Å²) in [5, 5.41) is 9.17. The van der Waals surface area contributed by atoms with E-state index < -0.39 is 0 Å². The summed E-state index contributed by atoms with van der Waals surface area (Å²) < 4.78 is 4.58. The van der Waals surface area contributed by atoms with Gasteiger partial charge in [-0.05, 0) is 25.7 Å². The molecule has 2 aliphatic rings. The fourth-order valence-electron chi connectivity index (χ4n) is 4.56. The van der Waals surface area contributed by atoms with Gasteiger partial charge in [0.1, 0.15) is 17.5 Å². The molecule has 4 heteroatoms. The van der Waals surface area contributed by atoms with E-state index in [0.717, 1.165) is 5.92 Å². The molecule has 2 saturated carbocycles. The number of nitriles is 1. The predicted molar refractivity (Wildman–Crippen MR) is 82.9 cm³/mol. The SMILES string of the molecule is C[n+]1cn(CC#N)c(C2CCCCC2)c1C1CCCCC1.[Br-]. The Hall–Kier alpha value is -0.820. The van der Waals surface area contributed by atoms with E-state index in [4.69, 9.17) is 0 Å². The molecule has 0 aromatic carbocycles. The van der Waals surface area contributed by atoms with E-state index in [-0.39, 0.29) is 17.0 Å². The molecule has 0 atom stereocenters. The summed E-state index contributed by atoms with van der Waals surface area (Å²) in [5.41, 5.74) is 3.06. The zero-order chi connectivity index (χ0) is 14.7. The molecule has 2 aliphatic carbocycles. The minimum atomic E-state index is 0. The van der Waals surface area contributed by atoms with Crippen molar-refractivity contribution in [1.82, 2.24) is 4.57 Å². The topological polar surface area (TPSA) is 32.6 Å². The lowest BCUT2D eigenvalue weighted by Gasteiger charge is -2.25. The number of halogens is 1. The number of hydrogen-bond donors (Lipinski definition) is 0. The highest BCUT2D eigenvalue weighted by atomic mass is 79.9. The summed E-state index contributed by atoms with van der Waals surface area (Å²) in [6.45, 7) is 0.506. The van der Waals surface area contributed by atoms with Crippen LogP contribution in [0.25, 0.3) is 0 Å². The highest BCUT2D eigenvalue weighted by molar-refractivity contribution is 5.20. The first-order valence-electron chi connectivity index (χ1n) is 8.76. The Morgan fingerprint density at radius 1 is 1.05 bits per heavy atom. The van der Waals surface area contributed by atoms with Crippen molar-refractivity contribution in [2.24, 2.45) is 7.05 Å². The van der Waals surface area contributed by atoms with Crippen LogP contribution in [-0.4, -0.2) is 4.57 Å². The van der Waals surface area contributed by atoms with Crippen molar-refractivity contribution in [3.05, 3.63) is 17.7 Å². The van der Waals surface area contributed by atoms with Gasteiger partial charge in [0.2, 0.25) is 6.33 Å². The van der Waals surface area contributed by atoms with Gasteiger partial charge in [0, 0.05) is 11.8 Å². The molecule has 0 amide bonds. The molecule has 0 radical (unpaired) electrons. The molecule has 1 heterocycles. The van der Waals surface area contributed by atoms with Crippen LogP contribution in [-0.2, 0) is 13.6 Å². The average molecular weight is 366 g/mol. The zero-order valence-corrected chi connectivity index (χ0v) is 15.3. The van der Waals surface area contributed by atoms with E-state index in [1.54, 1.807) is 5.69 Å². The first-order valence-corrected chi connectivity index (χ1v) is 8.76. The Morgan fingerprint density at radius 2 is 1.59 bits per heavy atom. The lowest BCUT2D eigenvalue weighted by molar-refractivity contribution is -0.680. The van der Waals surface area contributed by atoms with E-state index in [0.29, 0.717) is 12.5 Å². The van der Waals surface area contributed by atoms with Crippen LogP contribution in [0.3, 0.4) is 0 Å². The maximum absolute atomic E-state index is 9.17. The number of rotatable bonds is 3. The monoisotopic (exact) mass is 365 g/mol. The van der Waals surface area contributed by atoms with Gasteiger partial charge in [0.15, 0.2) is 6.54 Å². The fraction of sp³-hybridized carbons (Fsp3) is 0.778. The largest absolute Gasteiger partial charge is 1.00 e. The third kappa shape index (κ3) is 3.56. The highest BCUT2D eigenvalue weighted by Crippen LogP contribution is 2.39. The molecule has 22 heavy (non-hydrogen) atoms. The Bertz CT molecular complexity index is 517. The number of nitrogens with zero attached hydrogens (tertiary/aromatic N) is 3. The van der Waals surface area contributed by atoms with Crippen LogP contribution >= 0.6 is 0 Å². The molecule has 0 saturated heterocycles. The Labute approximate surface area is 145 Å². The Morgan fingerprint density at radius 3 is 2.14 bits per heavy atom. The van der Waals surface area contributed by atoms with Crippen molar-refractivity contribution in [2.75, 3.05) is 0 Å². The second-order valence-electron chi connectivity index (χ2n) is 6.95. The van der Waals surface area contributed by atoms with Gasteiger partial charge in [-0.25, -0.2) is 9.13 Å². The summed E-state index contributed by atoms with van der Waals surface area (Å²) in [5.74, 6) is 1.41. The van der Waals surface area contributed by atoms with Gasteiger partial charge in [0.05, 0.1) is 7.05 Å². The fourth-order valence-corrected chi connectivity index (χ4v) is 4.56. The van der Waals surface area contributed by atoms with Gasteiger partial charge < -0.3 is 17.0 Å². The Kier molecular flexibility index (Phi) is 6.50. The first-order chi connectivity index (χ1) is 10.3. The van der Waals surface area contributed by atoms with Gasteiger partial charge in [-0.15, -0.1) is 0 Å². The molecule has 0 N–H and O–H groups in total. The maximum atomic E-state index is 9.17. The second-order valence-corrected chi connectivity index (χ2v) is 6.95. The van der Waals surface area contributed by atoms with Crippen LogP contribution in [0.1, 0.15) is 87.4 Å². The molecule has 0 unspecified atom stereocenters. The van der Waals surface area contributed by atoms with Crippen molar-refractivity contribution in [3.8, 4) is 6.07 Å². The lowest BCUT2D eigenvalue weighted by atomic mass is 9.80. The van der Waals surface area contributed by atoms with E-state index >= 15 is 0 Å². The first kappa shape index (κ1) is 17.5. The van der Waals surface area contributed by atoms with Crippen LogP contribution in [0, 0.1) is 11.3 Å². The third-order valence-corrected chi connectivity index (χ3v) is 5.49. The molecule has 1 aromatic rings. The molecular formula is C18H28BrN3. The molecule has 122 valence electrons. The van der Waals surface area contributed by atoms with E-state index in [1.165, 1.54) is 69.9 Å². The van der Waals surface area contributed by atoms with Gasteiger partial charge in [-0.1, -0.05) is 38.5 Å². The van der Waals surface area contributed by atoms with Gasteiger partial charge >= 0.3 is 0 Å². The summed E-state index contributed by atoms with van der Waals surface area (Å²) >= 11 is 0. The summed E-state index contributed by atoms with van der Waals surface area (Å²) in [6, 6.07) is 2.36. The van der Waals surface area contributed by atoms with Crippen molar-refractivity contribution >= 4 is 0 Å². The van der Waals surface area contributed by atoms with Crippen LogP contribution < -0.4 is 21.5 Å². The standard InChI is InChI=1S/C18H28N3.BrH/c1-20-14-21(13-12-19)18(16-10-6-3-7-11-16)17(20)15-8-4-2-5-9-15;/h14-16H,2-11,13H2,1H3;1H/q+1;/p-1. The van der Waals surface area contributed by atoms with Crippen LogP contribution in [0.15, 0.2) is 6.33 Å². The zero-order valence-electron chi connectivity index (χ0n) is 13.7. The molecule has 0 spiro atoms. The summed E-state index contributed by atoms with van der Waals surface area (Å²) in [7, 11) is 2.18. The molecular weight excluding hydrogens is 338 g/mol. The van der Waals surface area contributed by atoms with Crippen molar-refractivity contribution in [1.29, 1.82) is 5.26 Å². The molecule has 3 nitrogen and oxygen atoms in total. The molecule has 0 bridgehead atoms. The average Bonchev–Trinajstić information content (AvgIpc) is 2.86. The smallest absolute Gasteiger partial charge is 0.244 e. The van der Waals surface area contributed by atoms with E-state index in [9.17, 15) is 5.26 Å². The lowest BCUT2D eigenvalue weighted by Crippen LogP contribution is -3.00. The van der Waals surface area contributed by atoms with E-state index in [1.807, 2.05) is 0 Å². The molecule has 3 rings (SSSR count). The van der Waals surface area contributed by atoms with Crippen molar-refractivity contribution in [3.63, 3.8) is 0 Å². The second kappa shape index (κ2) is 8.15. The van der Waals surface area contributed by atoms with Crippen molar-refractivity contribution in [2.45, 2.75) is 82.6 Å². The summed E-state index contributed by atoms with van der Waals surface area (Å²) in [4.78, 5) is 0. The van der Waals surface area contributed by atoms with Gasteiger partial charge in [-0.2, -0.15) is 5.26 Å². The number of hydrogen-bond acceptors (Lipinski definition) is 1. The van der Waals surface area contributed by atoms with Crippen LogP contribution in [0.4, 0.5) is 0 Å². The number of imidazole rings is 1. The van der Waals surface area contributed by atoms with Crippen molar-refractivity contribution < 1.29 is 21.5 Å². The van der Waals surface area contributed by atoms with Crippen LogP contribution in [0.2, 0.25) is 0 Å². The van der Waals surface area contributed by atoms with Gasteiger partial charge in [-0.3, -0.25) is 0 Å². The summed E-state index contributed by atoms with van der Waals surface area (Å²) in [6.07, 6.45) is 15.7. The minimum Gasteiger partial charge on any atom is -1.00 e. The normalized spacial score (nSPS) is 20.4. The Balaban J connectivity index is 0.00000176. The minimum absolute atomic E-state index is 0. The highest BCUT2D eigenvalue weighted by Gasteiger charge is 2.34. The quantitative estimate of drug-likeness (QED) is 0.733. The molecule has 2 fully saturated rings. The third-order valence-electron chi connectivity index (χ3n) is 5.49. The molecule has 1 aromatic heterocycles. The van der Waals surface area contributed by atoms with Crippen LogP contribution in [0.5, 0.6) is 0 Å². The molecule has 0 aliphatic heterocycles.